The van der Waals surface area contributed by atoms with Crippen molar-refractivity contribution in [3.8, 4) is 5.75 Å². The molecule has 1 amide bonds. The first-order valence-electron chi connectivity index (χ1n) is 5.69. The van der Waals surface area contributed by atoms with Gasteiger partial charge >= 0.3 is 0 Å². The molecule has 19 heavy (non-hydrogen) atoms. The number of nitrogens with zero attached hydrogens (tertiary/aromatic N) is 1. The van der Waals surface area contributed by atoms with Gasteiger partial charge in [0.2, 0.25) is 0 Å². The molecule has 0 saturated heterocycles. The fraction of sp³-hybridized carbons (Fsp3) is 0.231. The van der Waals surface area contributed by atoms with Crippen molar-refractivity contribution in [3.63, 3.8) is 0 Å². The number of pyridine rings is 1. The van der Waals surface area contributed by atoms with Crippen LogP contribution in [0.4, 0.5) is 0 Å². The van der Waals surface area contributed by atoms with Crippen LogP contribution >= 0.6 is 15.9 Å². The zero-order valence-corrected chi connectivity index (χ0v) is 12.1. The van der Waals surface area contributed by atoms with Crippen LogP contribution in [0.5, 0.6) is 5.75 Å². The maximum Gasteiger partial charge on any atom is 0.284 e. The molecule has 0 aliphatic rings. The molecule has 6 heteroatoms. The van der Waals surface area contributed by atoms with Crippen LogP contribution in [-0.4, -0.2) is 22.2 Å². The summed E-state index contributed by atoms with van der Waals surface area (Å²) in [6.07, 6.45) is -0.809. The van der Waals surface area contributed by atoms with Gasteiger partial charge in [0.15, 0.2) is 6.10 Å². The molecule has 0 fully saturated rings. The summed E-state index contributed by atoms with van der Waals surface area (Å²) in [5.41, 5.74) is 3.09. The first kappa shape index (κ1) is 13.8. The van der Waals surface area contributed by atoms with E-state index in [2.05, 4.69) is 20.9 Å². The number of nitrogens with one attached hydrogen (secondary N) is 1. The van der Waals surface area contributed by atoms with Crippen LogP contribution in [0.1, 0.15) is 12.6 Å². The van der Waals surface area contributed by atoms with Crippen LogP contribution in [0.15, 0.2) is 28.7 Å². The minimum atomic E-state index is -0.809. The average Bonchev–Trinajstić information content (AvgIpc) is 2.40. The quantitative estimate of drug-likeness (QED) is 0.672. The van der Waals surface area contributed by atoms with Crippen LogP contribution in [0.3, 0.4) is 0 Å². The van der Waals surface area contributed by atoms with Gasteiger partial charge in [-0.1, -0.05) is 15.9 Å². The summed E-state index contributed by atoms with van der Waals surface area (Å²) in [4.78, 5) is 15.7. The molecule has 1 heterocycles. The molecule has 1 aromatic carbocycles. The molecular formula is C13H13BrN2O3. The Morgan fingerprint density at radius 1 is 1.42 bits per heavy atom. The number of fused-ring (bicyclic) bond motifs is 1. The van der Waals surface area contributed by atoms with E-state index in [0.717, 1.165) is 15.6 Å². The van der Waals surface area contributed by atoms with E-state index >= 15 is 0 Å². The Balaban J connectivity index is 2.46. The normalized spacial score (nSPS) is 12.2. The second kappa shape index (κ2) is 5.54. The summed E-state index contributed by atoms with van der Waals surface area (Å²) in [5.74, 6) is -0.110. The number of rotatable bonds is 3. The minimum Gasteiger partial charge on any atom is -0.479 e. The molecular weight excluding hydrogens is 312 g/mol. The third-order valence-corrected chi connectivity index (χ3v) is 3.38. The molecule has 1 atom stereocenters. The summed E-state index contributed by atoms with van der Waals surface area (Å²) in [6.45, 7) is 3.43. The van der Waals surface area contributed by atoms with Gasteiger partial charge in [0.05, 0.1) is 0 Å². The van der Waals surface area contributed by atoms with E-state index in [-0.39, 0.29) is 0 Å². The third kappa shape index (κ3) is 2.85. The topological polar surface area (TPSA) is 71.5 Å². The van der Waals surface area contributed by atoms with Gasteiger partial charge in [-0.25, -0.2) is 10.5 Å². The largest absolute Gasteiger partial charge is 0.479 e. The van der Waals surface area contributed by atoms with E-state index in [0.29, 0.717) is 11.3 Å². The Morgan fingerprint density at radius 2 is 2.16 bits per heavy atom. The van der Waals surface area contributed by atoms with E-state index in [1.54, 1.807) is 18.5 Å². The zero-order chi connectivity index (χ0) is 14.0. The lowest BCUT2D eigenvalue weighted by molar-refractivity contribution is -0.135. The number of ether oxygens (including phenoxy) is 1. The summed E-state index contributed by atoms with van der Waals surface area (Å²) >= 11 is 3.45. The van der Waals surface area contributed by atoms with Gasteiger partial charge in [-0.3, -0.25) is 10.0 Å². The van der Waals surface area contributed by atoms with Crippen LogP contribution in [0, 0.1) is 6.92 Å². The lowest BCUT2D eigenvalue weighted by atomic mass is 10.2. The van der Waals surface area contributed by atoms with E-state index in [1.807, 2.05) is 25.1 Å². The average molecular weight is 325 g/mol. The van der Waals surface area contributed by atoms with E-state index in [1.165, 1.54) is 0 Å². The molecule has 0 bridgehead atoms. The lowest BCUT2D eigenvalue weighted by Gasteiger charge is -2.14. The van der Waals surface area contributed by atoms with Gasteiger partial charge < -0.3 is 4.74 Å². The zero-order valence-electron chi connectivity index (χ0n) is 10.5. The Morgan fingerprint density at radius 3 is 2.84 bits per heavy atom. The number of benzene rings is 1. The fourth-order valence-corrected chi connectivity index (χ4v) is 2.14. The van der Waals surface area contributed by atoms with Crippen molar-refractivity contribution in [2.45, 2.75) is 20.0 Å². The molecule has 0 aliphatic heterocycles. The number of hydrogen-bond donors (Lipinski definition) is 2. The number of hydrogen-bond acceptors (Lipinski definition) is 4. The molecule has 0 saturated carbocycles. The number of hydroxylamine groups is 1. The maximum atomic E-state index is 11.3. The van der Waals surface area contributed by atoms with Crippen molar-refractivity contribution in [1.29, 1.82) is 0 Å². The number of aromatic nitrogens is 1. The molecule has 1 unspecified atom stereocenters. The van der Waals surface area contributed by atoms with Gasteiger partial charge in [0, 0.05) is 15.6 Å². The van der Waals surface area contributed by atoms with Crippen LogP contribution in [0.25, 0.3) is 10.9 Å². The molecule has 0 aliphatic carbocycles. The summed E-state index contributed by atoms with van der Waals surface area (Å²) in [5, 5.41) is 9.48. The number of halogens is 1. The second-order valence-electron chi connectivity index (χ2n) is 4.13. The molecule has 0 spiro atoms. The first-order valence-corrected chi connectivity index (χ1v) is 6.48. The van der Waals surface area contributed by atoms with Crippen LogP contribution in [0.2, 0.25) is 0 Å². The minimum absolute atomic E-state index is 0.498. The van der Waals surface area contributed by atoms with Crippen LogP contribution in [-0.2, 0) is 4.79 Å². The van der Waals surface area contributed by atoms with E-state index in [4.69, 9.17) is 9.94 Å². The van der Waals surface area contributed by atoms with Crippen molar-refractivity contribution in [3.05, 3.63) is 34.4 Å². The Kier molecular flexibility index (Phi) is 4.01. The van der Waals surface area contributed by atoms with Crippen LogP contribution < -0.4 is 10.2 Å². The lowest BCUT2D eigenvalue weighted by Crippen LogP contribution is -2.34. The molecule has 0 radical (unpaired) electrons. The molecule has 1 aromatic heterocycles. The van der Waals surface area contributed by atoms with Gasteiger partial charge in [-0.15, -0.1) is 0 Å². The number of aryl methyl sites for hydroxylation is 1. The number of amides is 1. The van der Waals surface area contributed by atoms with E-state index < -0.39 is 12.0 Å². The predicted octanol–water partition coefficient (Wildman–Crippen LogP) is 2.58. The first-order chi connectivity index (χ1) is 9.02. The van der Waals surface area contributed by atoms with Crippen molar-refractivity contribution in [2.75, 3.05) is 0 Å². The fourth-order valence-electron chi connectivity index (χ4n) is 1.68. The summed E-state index contributed by atoms with van der Waals surface area (Å²) in [6, 6.07) is 7.41. The maximum absolute atomic E-state index is 11.3. The number of carbonyl (C=O) groups excluding carboxylic acids is 1. The second-order valence-corrected chi connectivity index (χ2v) is 4.98. The highest BCUT2D eigenvalue weighted by molar-refractivity contribution is 9.10. The summed E-state index contributed by atoms with van der Waals surface area (Å²) < 4.78 is 6.44. The summed E-state index contributed by atoms with van der Waals surface area (Å²) in [7, 11) is 0. The molecule has 5 nitrogen and oxygen atoms in total. The van der Waals surface area contributed by atoms with E-state index in [9.17, 15) is 4.79 Å². The molecule has 2 N–H and O–H groups in total. The predicted molar refractivity (Wildman–Crippen MR) is 74.2 cm³/mol. The molecule has 2 rings (SSSR count). The Labute approximate surface area is 118 Å². The Bertz CT molecular complexity index is 631. The highest BCUT2D eigenvalue weighted by Crippen LogP contribution is 2.31. The van der Waals surface area contributed by atoms with Crippen molar-refractivity contribution in [1.82, 2.24) is 10.5 Å². The molecule has 2 aromatic rings. The van der Waals surface area contributed by atoms with Gasteiger partial charge in [-0.2, -0.15) is 0 Å². The Hall–Kier alpha value is -1.66. The van der Waals surface area contributed by atoms with Gasteiger partial charge in [0.1, 0.15) is 11.3 Å². The smallest absolute Gasteiger partial charge is 0.284 e. The highest BCUT2D eigenvalue weighted by Gasteiger charge is 2.16. The van der Waals surface area contributed by atoms with Crippen molar-refractivity contribution in [2.24, 2.45) is 0 Å². The van der Waals surface area contributed by atoms with Crippen molar-refractivity contribution < 1.29 is 14.7 Å². The standard InChI is InChI=1S/C13H13BrN2O3/c1-7-3-4-9-10(14)5-6-11(12(9)15-7)19-8(2)13(17)16-18/h3-6,8,18H,1-2H3,(H,16,17). The highest BCUT2D eigenvalue weighted by atomic mass is 79.9. The number of carbonyl (C=O) groups is 1. The third-order valence-electron chi connectivity index (χ3n) is 2.69. The SMILES string of the molecule is Cc1ccc2c(Br)ccc(OC(C)C(=O)NO)c2n1. The van der Waals surface area contributed by atoms with Crippen molar-refractivity contribution >= 4 is 32.7 Å². The van der Waals surface area contributed by atoms with Gasteiger partial charge in [0.25, 0.3) is 5.91 Å². The van der Waals surface area contributed by atoms with Gasteiger partial charge in [-0.05, 0) is 38.1 Å². The monoisotopic (exact) mass is 324 g/mol. The molecule has 100 valence electrons.